The molecule has 2 nitrogen and oxygen atoms in total. The highest BCUT2D eigenvalue weighted by atomic mass is 16.5. The van der Waals surface area contributed by atoms with Crippen molar-refractivity contribution in [3.63, 3.8) is 0 Å². The number of aryl methyl sites for hydroxylation is 1. The molecule has 1 aliphatic carbocycles. The molecule has 0 radical (unpaired) electrons. The van der Waals surface area contributed by atoms with Crippen LogP contribution in [0, 0.1) is 0 Å². The summed E-state index contributed by atoms with van der Waals surface area (Å²) >= 11 is 0. The molecule has 1 aromatic carbocycles. The first-order valence-electron chi connectivity index (χ1n) is 7.74. The molecule has 1 aliphatic heterocycles. The third kappa shape index (κ3) is 2.56. The Morgan fingerprint density at radius 1 is 1.32 bits per heavy atom. The summed E-state index contributed by atoms with van der Waals surface area (Å²) in [5.41, 5.74) is 9.43. The lowest BCUT2D eigenvalue weighted by Gasteiger charge is -2.29. The van der Waals surface area contributed by atoms with Crippen LogP contribution in [0.5, 0.6) is 0 Å². The number of hydrogen-bond acceptors (Lipinski definition) is 2. The SMILES string of the molecule is NCC1(CCCC2CCCO2)CCc2ccccc21. The zero-order chi connectivity index (χ0) is 13.1. The minimum atomic E-state index is 0.245. The van der Waals surface area contributed by atoms with E-state index in [1.807, 2.05) is 0 Å². The second-order valence-corrected chi connectivity index (χ2v) is 6.17. The first kappa shape index (κ1) is 13.1. The van der Waals surface area contributed by atoms with Crippen LogP contribution >= 0.6 is 0 Å². The maximum atomic E-state index is 6.15. The van der Waals surface area contributed by atoms with Gasteiger partial charge in [-0.3, -0.25) is 0 Å². The number of benzene rings is 1. The highest BCUT2D eigenvalue weighted by Gasteiger charge is 2.36. The molecule has 0 aromatic heterocycles. The van der Waals surface area contributed by atoms with Gasteiger partial charge in [-0.1, -0.05) is 24.3 Å². The summed E-state index contributed by atoms with van der Waals surface area (Å²) < 4.78 is 5.72. The Labute approximate surface area is 116 Å². The van der Waals surface area contributed by atoms with E-state index in [2.05, 4.69) is 24.3 Å². The molecule has 2 heteroatoms. The molecule has 0 bridgehead atoms. The van der Waals surface area contributed by atoms with Crippen LogP contribution in [-0.2, 0) is 16.6 Å². The standard InChI is InChI=1S/C17H25NO/c18-13-17(10-3-6-15-7-4-12-19-15)11-9-14-5-1-2-8-16(14)17/h1-2,5,8,15H,3-4,6-7,9-13,18H2. The fourth-order valence-electron chi connectivity index (χ4n) is 3.88. The Bertz CT molecular complexity index is 425. The van der Waals surface area contributed by atoms with Crippen molar-refractivity contribution in [3.8, 4) is 0 Å². The molecule has 0 spiro atoms. The average molecular weight is 259 g/mol. The normalized spacial score (nSPS) is 29.6. The zero-order valence-corrected chi connectivity index (χ0v) is 11.7. The predicted molar refractivity (Wildman–Crippen MR) is 78.3 cm³/mol. The van der Waals surface area contributed by atoms with Crippen LogP contribution in [0.25, 0.3) is 0 Å². The molecule has 1 fully saturated rings. The van der Waals surface area contributed by atoms with Gasteiger partial charge in [0.05, 0.1) is 6.10 Å². The maximum Gasteiger partial charge on any atom is 0.0576 e. The second kappa shape index (κ2) is 5.64. The van der Waals surface area contributed by atoms with Crippen molar-refractivity contribution in [2.24, 2.45) is 5.73 Å². The summed E-state index contributed by atoms with van der Waals surface area (Å²) in [7, 11) is 0. The van der Waals surface area contributed by atoms with Gasteiger partial charge in [0.2, 0.25) is 0 Å². The first-order chi connectivity index (χ1) is 9.34. The number of rotatable bonds is 5. The Hall–Kier alpha value is -0.860. The van der Waals surface area contributed by atoms with Gasteiger partial charge in [0.15, 0.2) is 0 Å². The maximum absolute atomic E-state index is 6.15. The summed E-state index contributed by atoms with van der Waals surface area (Å²) in [5, 5.41) is 0. The Balaban J connectivity index is 1.64. The molecule has 1 heterocycles. The van der Waals surface area contributed by atoms with E-state index >= 15 is 0 Å². The molecule has 0 amide bonds. The van der Waals surface area contributed by atoms with Gasteiger partial charge in [0, 0.05) is 18.6 Å². The van der Waals surface area contributed by atoms with E-state index in [0.29, 0.717) is 6.10 Å². The minimum absolute atomic E-state index is 0.245. The molecule has 104 valence electrons. The fraction of sp³-hybridized carbons (Fsp3) is 0.647. The molecular formula is C17H25NO. The molecule has 2 aliphatic rings. The molecular weight excluding hydrogens is 234 g/mol. The molecule has 2 N–H and O–H groups in total. The highest BCUT2D eigenvalue weighted by Crippen LogP contribution is 2.42. The third-order valence-electron chi connectivity index (χ3n) is 5.06. The van der Waals surface area contributed by atoms with Crippen LogP contribution in [-0.4, -0.2) is 19.3 Å². The number of nitrogens with two attached hydrogens (primary N) is 1. The lowest BCUT2D eigenvalue weighted by Crippen LogP contribution is -2.33. The van der Waals surface area contributed by atoms with Gasteiger partial charge in [-0.05, 0) is 56.1 Å². The Kier molecular flexibility index (Phi) is 3.90. The van der Waals surface area contributed by atoms with E-state index < -0.39 is 0 Å². The van der Waals surface area contributed by atoms with E-state index in [9.17, 15) is 0 Å². The van der Waals surface area contributed by atoms with E-state index in [4.69, 9.17) is 10.5 Å². The molecule has 0 saturated carbocycles. The van der Waals surface area contributed by atoms with Gasteiger partial charge in [0.1, 0.15) is 0 Å². The molecule has 19 heavy (non-hydrogen) atoms. The van der Waals surface area contributed by atoms with Crippen molar-refractivity contribution in [1.29, 1.82) is 0 Å². The summed E-state index contributed by atoms with van der Waals surface area (Å²) in [5.74, 6) is 0. The van der Waals surface area contributed by atoms with Gasteiger partial charge in [-0.15, -0.1) is 0 Å². The highest BCUT2D eigenvalue weighted by molar-refractivity contribution is 5.39. The van der Waals surface area contributed by atoms with Crippen molar-refractivity contribution in [2.75, 3.05) is 13.2 Å². The van der Waals surface area contributed by atoms with Crippen LogP contribution in [0.4, 0.5) is 0 Å². The van der Waals surface area contributed by atoms with Crippen molar-refractivity contribution < 1.29 is 4.74 Å². The van der Waals surface area contributed by atoms with Crippen molar-refractivity contribution >= 4 is 0 Å². The summed E-state index contributed by atoms with van der Waals surface area (Å²) in [6.07, 6.45) is 9.13. The van der Waals surface area contributed by atoms with Gasteiger partial charge < -0.3 is 10.5 Å². The predicted octanol–water partition coefficient (Wildman–Crippen LogP) is 3.18. The molecule has 1 saturated heterocycles. The number of fused-ring (bicyclic) bond motifs is 1. The van der Waals surface area contributed by atoms with Crippen LogP contribution in [0.2, 0.25) is 0 Å². The fourth-order valence-corrected chi connectivity index (χ4v) is 3.88. The molecule has 2 unspecified atom stereocenters. The summed E-state index contributed by atoms with van der Waals surface area (Å²) in [6.45, 7) is 1.76. The quantitative estimate of drug-likeness (QED) is 0.881. The zero-order valence-electron chi connectivity index (χ0n) is 11.7. The number of hydrogen-bond donors (Lipinski definition) is 1. The topological polar surface area (TPSA) is 35.2 Å². The van der Waals surface area contributed by atoms with Crippen molar-refractivity contribution in [3.05, 3.63) is 35.4 Å². The van der Waals surface area contributed by atoms with Crippen LogP contribution in [0.1, 0.15) is 49.7 Å². The average Bonchev–Trinajstić information content (AvgIpc) is 3.08. The van der Waals surface area contributed by atoms with Gasteiger partial charge in [-0.25, -0.2) is 0 Å². The van der Waals surface area contributed by atoms with E-state index in [0.717, 1.165) is 13.2 Å². The molecule has 1 aromatic rings. The monoisotopic (exact) mass is 259 g/mol. The number of ether oxygens (including phenoxy) is 1. The van der Waals surface area contributed by atoms with E-state index in [1.54, 1.807) is 0 Å². The molecule has 3 rings (SSSR count). The van der Waals surface area contributed by atoms with Crippen molar-refractivity contribution in [2.45, 2.75) is 56.5 Å². The van der Waals surface area contributed by atoms with Crippen LogP contribution in [0.15, 0.2) is 24.3 Å². The Morgan fingerprint density at radius 2 is 2.21 bits per heavy atom. The van der Waals surface area contributed by atoms with Gasteiger partial charge >= 0.3 is 0 Å². The van der Waals surface area contributed by atoms with Crippen LogP contribution < -0.4 is 5.73 Å². The smallest absolute Gasteiger partial charge is 0.0576 e. The third-order valence-corrected chi connectivity index (χ3v) is 5.06. The largest absolute Gasteiger partial charge is 0.378 e. The molecule has 2 atom stereocenters. The van der Waals surface area contributed by atoms with Crippen molar-refractivity contribution in [1.82, 2.24) is 0 Å². The summed E-state index contributed by atoms with van der Waals surface area (Å²) in [4.78, 5) is 0. The lowest BCUT2D eigenvalue weighted by atomic mass is 9.77. The second-order valence-electron chi connectivity index (χ2n) is 6.17. The lowest BCUT2D eigenvalue weighted by molar-refractivity contribution is 0.1000. The van der Waals surface area contributed by atoms with E-state index in [-0.39, 0.29) is 5.41 Å². The van der Waals surface area contributed by atoms with E-state index in [1.165, 1.54) is 56.1 Å². The van der Waals surface area contributed by atoms with Gasteiger partial charge in [0.25, 0.3) is 0 Å². The summed E-state index contributed by atoms with van der Waals surface area (Å²) in [6, 6.07) is 8.88. The van der Waals surface area contributed by atoms with Gasteiger partial charge in [-0.2, -0.15) is 0 Å². The Morgan fingerprint density at radius 3 is 3.00 bits per heavy atom. The minimum Gasteiger partial charge on any atom is -0.378 e. The first-order valence-corrected chi connectivity index (χ1v) is 7.74. The van der Waals surface area contributed by atoms with Crippen LogP contribution in [0.3, 0.4) is 0 Å².